The van der Waals surface area contributed by atoms with Crippen LogP contribution >= 0.6 is 0 Å². The van der Waals surface area contributed by atoms with Crippen molar-refractivity contribution in [3.8, 4) is 12.3 Å². The van der Waals surface area contributed by atoms with Gasteiger partial charge in [0.15, 0.2) is 0 Å². The van der Waals surface area contributed by atoms with Crippen LogP contribution in [0.1, 0.15) is 19.4 Å². The number of rotatable bonds is 7. The lowest BCUT2D eigenvalue weighted by Gasteiger charge is -2.16. The summed E-state index contributed by atoms with van der Waals surface area (Å²) in [6.07, 6.45) is 5.48. The van der Waals surface area contributed by atoms with Crippen molar-refractivity contribution in [2.45, 2.75) is 26.5 Å². The number of hydrogen-bond acceptors (Lipinski definition) is 2. The molecule has 0 amide bonds. The molecule has 2 nitrogen and oxygen atoms in total. The van der Waals surface area contributed by atoms with Gasteiger partial charge in [0, 0.05) is 6.54 Å². The van der Waals surface area contributed by atoms with Crippen molar-refractivity contribution in [3.63, 3.8) is 0 Å². The van der Waals surface area contributed by atoms with E-state index in [0.717, 1.165) is 6.54 Å². The Bertz CT molecular complexity index is 612. The molecule has 2 aromatic rings. The minimum atomic E-state index is 0.120. The lowest BCUT2D eigenvalue weighted by molar-refractivity contribution is 0.121. The molecule has 1 unspecified atom stereocenters. The van der Waals surface area contributed by atoms with E-state index < -0.39 is 0 Å². The monoisotopic (exact) mass is 281 g/mol. The van der Waals surface area contributed by atoms with Crippen molar-refractivity contribution in [2.24, 2.45) is 5.92 Å². The van der Waals surface area contributed by atoms with Gasteiger partial charge in [-0.1, -0.05) is 56.2 Å². The SMILES string of the molecule is C#CC(NCCOCc1ccc2ccccc2c1)C(C)C. The minimum absolute atomic E-state index is 0.120. The molecular weight excluding hydrogens is 258 g/mol. The quantitative estimate of drug-likeness (QED) is 0.618. The van der Waals surface area contributed by atoms with Crippen LogP contribution in [0.25, 0.3) is 10.8 Å². The number of ether oxygens (including phenoxy) is 1. The molecule has 0 radical (unpaired) electrons. The summed E-state index contributed by atoms with van der Waals surface area (Å²) >= 11 is 0. The fraction of sp³-hybridized carbons (Fsp3) is 0.368. The van der Waals surface area contributed by atoms with Crippen molar-refractivity contribution in [1.29, 1.82) is 0 Å². The molecule has 0 saturated heterocycles. The minimum Gasteiger partial charge on any atom is -0.375 e. The molecule has 2 aromatic carbocycles. The molecule has 0 aliphatic rings. The average Bonchev–Trinajstić information content (AvgIpc) is 2.50. The van der Waals surface area contributed by atoms with Crippen molar-refractivity contribution < 1.29 is 4.74 Å². The van der Waals surface area contributed by atoms with Crippen molar-refractivity contribution >= 4 is 10.8 Å². The first kappa shape index (κ1) is 15.6. The van der Waals surface area contributed by atoms with Crippen LogP contribution in [0.4, 0.5) is 0 Å². The Morgan fingerprint density at radius 3 is 2.62 bits per heavy atom. The second-order valence-corrected chi connectivity index (χ2v) is 5.58. The number of fused-ring (bicyclic) bond motifs is 1. The van der Waals surface area contributed by atoms with Crippen LogP contribution in [0.15, 0.2) is 42.5 Å². The van der Waals surface area contributed by atoms with Crippen LogP contribution in [0.5, 0.6) is 0 Å². The maximum absolute atomic E-state index is 5.71. The second-order valence-electron chi connectivity index (χ2n) is 5.58. The maximum atomic E-state index is 5.71. The van der Waals surface area contributed by atoms with E-state index in [1.54, 1.807) is 0 Å². The Hall–Kier alpha value is -1.82. The first-order valence-corrected chi connectivity index (χ1v) is 7.45. The third-order valence-electron chi connectivity index (χ3n) is 3.54. The largest absolute Gasteiger partial charge is 0.375 e. The predicted octanol–water partition coefficient (Wildman–Crippen LogP) is 3.60. The zero-order chi connectivity index (χ0) is 15.1. The van der Waals surface area contributed by atoms with Crippen LogP contribution in [0.3, 0.4) is 0 Å². The smallest absolute Gasteiger partial charge is 0.0717 e. The van der Waals surface area contributed by atoms with Gasteiger partial charge in [-0.15, -0.1) is 6.42 Å². The average molecular weight is 281 g/mol. The van der Waals surface area contributed by atoms with E-state index in [9.17, 15) is 0 Å². The van der Waals surface area contributed by atoms with E-state index in [1.807, 2.05) is 0 Å². The summed E-state index contributed by atoms with van der Waals surface area (Å²) in [5.41, 5.74) is 1.20. The summed E-state index contributed by atoms with van der Waals surface area (Å²) in [5.74, 6) is 3.20. The molecular formula is C19H23NO. The zero-order valence-electron chi connectivity index (χ0n) is 12.8. The van der Waals surface area contributed by atoms with Gasteiger partial charge in [0.2, 0.25) is 0 Å². The molecule has 1 N–H and O–H groups in total. The normalized spacial score (nSPS) is 12.5. The fourth-order valence-corrected chi connectivity index (χ4v) is 2.29. The number of nitrogens with one attached hydrogen (secondary N) is 1. The van der Waals surface area contributed by atoms with E-state index in [-0.39, 0.29) is 6.04 Å². The van der Waals surface area contributed by atoms with Gasteiger partial charge >= 0.3 is 0 Å². The summed E-state index contributed by atoms with van der Waals surface area (Å²) in [6, 6.07) is 14.9. The molecule has 1 atom stereocenters. The first-order chi connectivity index (χ1) is 10.2. The third kappa shape index (κ3) is 4.60. The summed E-state index contributed by atoms with van der Waals surface area (Å²) in [7, 11) is 0. The van der Waals surface area contributed by atoms with Crippen LogP contribution in [-0.4, -0.2) is 19.2 Å². The second kappa shape index (κ2) is 7.83. The van der Waals surface area contributed by atoms with Crippen molar-refractivity contribution in [1.82, 2.24) is 5.32 Å². The van der Waals surface area contributed by atoms with E-state index >= 15 is 0 Å². The van der Waals surface area contributed by atoms with E-state index in [2.05, 4.69) is 67.5 Å². The maximum Gasteiger partial charge on any atom is 0.0717 e. The highest BCUT2D eigenvalue weighted by Gasteiger charge is 2.07. The molecule has 0 heterocycles. The van der Waals surface area contributed by atoms with Crippen LogP contribution in [-0.2, 0) is 11.3 Å². The molecule has 0 spiro atoms. The molecule has 2 rings (SSSR count). The van der Waals surface area contributed by atoms with Gasteiger partial charge in [-0.3, -0.25) is 0 Å². The van der Waals surface area contributed by atoms with E-state index in [1.165, 1.54) is 16.3 Å². The topological polar surface area (TPSA) is 21.3 Å². The van der Waals surface area contributed by atoms with E-state index in [4.69, 9.17) is 11.2 Å². The van der Waals surface area contributed by atoms with Gasteiger partial charge in [-0.2, -0.15) is 0 Å². The molecule has 0 saturated carbocycles. The predicted molar refractivity (Wildman–Crippen MR) is 89.1 cm³/mol. The number of hydrogen-bond donors (Lipinski definition) is 1. The molecule has 0 bridgehead atoms. The van der Waals surface area contributed by atoms with Gasteiger partial charge < -0.3 is 10.1 Å². The third-order valence-corrected chi connectivity index (χ3v) is 3.54. The molecule has 0 aliphatic heterocycles. The van der Waals surface area contributed by atoms with Crippen molar-refractivity contribution in [2.75, 3.05) is 13.2 Å². The highest BCUT2D eigenvalue weighted by atomic mass is 16.5. The molecule has 110 valence electrons. The van der Waals surface area contributed by atoms with E-state index in [0.29, 0.717) is 19.1 Å². The zero-order valence-corrected chi connectivity index (χ0v) is 12.8. The Labute approximate surface area is 127 Å². The highest BCUT2D eigenvalue weighted by Crippen LogP contribution is 2.16. The van der Waals surface area contributed by atoms with Gasteiger partial charge in [-0.05, 0) is 28.3 Å². The summed E-state index contributed by atoms with van der Waals surface area (Å²) in [6.45, 7) is 6.31. The van der Waals surface area contributed by atoms with Crippen LogP contribution < -0.4 is 5.32 Å². The lowest BCUT2D eigenvalue weighted by atomic mass is 10.1. The van der Waals surface area contributed by atoms with Gasteiger partial charge in [-0.25, -0.2) is 0 Å². The van der Waals surface area contributed by atoms with Gasteiger partial charge in [0.1, 0.15) is 0 Å². The molecule has 0 aromatic heterocycles. The number of benzene rings is 2. The van der Waals surface area contributed by atoms with Crippen LogP contribution in [0.2, 0.25) is 0 Å². The Morgan fingerprint density at radius 1 is 1.14 bits per heavy atom. The molecule has 0 aliphatic carbocycles. The fourth-order valence-electron chi connectivity index (χ4n) is 2.29. The molecule has 2 heteroatoms. The first-order valence-electron chi connectivity index (χ1n) is 7.45. The molecule has 21 heavy (non-hydrogen) atoms. The molecule has 0 fully saturated rings. The summed E-state index contributed by atoms with van der Waals surface area (Å²) in [5, 5.41) is 5.84. The Morgan fingerprint density at radius 2 is 1.90 bits per heavy atom. The number of terminal acetylenes is 1. The summed E-state index contributed by atoms with van der Waals surface area (Å²) < 4.78 is 5.71. The van der Waals surface area contributed by atoms with Crippen molar-refractivity contribution in [3.05, 3.63) is 48.0 Å². The summed E-state index contributed by atoms with van der Waals surface area (Å²) in [4.78, 5) is 0. The van der Waals surface area contributed by atoms with Gasteiger partial charge in [0.05, 0.1) is 19.3 Å². The Kier molecular flexibility index (Phi) is 5.80. The lowest BCUT2D eigenvalue weighted by Crippen LogP contribution is -2.34. The standard InChI is InChI=1S/C19H23NO/c1-4-19(15(2)3)20-11-12-21-14-16-9-10-17-7-5-6-8-18(17)13-16/h1,5-10,13,15,19-20H,11-12,14H2,2-3H3. The van der Waals surface area contributed by atoms with Gasteiger partial charge in [0.25, 0.3) is 0 Å². The Balaban J connectivity index is 1.76. The van der Waals surface area contributed by atoms with Crippen LogP contribution in [0, 0.1) is 18.3 Å². The highest BCUT2D eigenvalue weighted by molar-refractivity contribution is 5.82.